The van der Waals surface area contributed by atoms with Crippen molar-refractivity contribution in [1.82, 2.24) is 9.80 Å². The van der Waals surface area contributed by atoms with Crippen molar-refractivity contribution in [1.29, 1.82) is 0 Å². The summed E-state index contributed by atoms with van der Waals surface area (Å²) in [6.07, 6.45) is 6.02. The molecule has 0 saturated carbocycles. The maximum Gasteiger partial charge on any atom is 0.0717 e. The van der Waals surface area contributed by atoms with Gasteiger partial charge in [0, 0.05) is 31.7 Å². The molecular weight excluding hydrogens is 260 g/mol. The maximum atomic E-state index is 6.34. The molecule has 2 heterocycles. The lowest BCUT2D eigenvalue weighted by Gasteiger charge is -2.29. The van der Waals surface area contributed by atoms with Gasteiger partial charge in [-0.15, -0.1) is 0 Å². The molecule has 3 nitrogen and oxygen atoms in total. The van der Waals surface area contributed by atoms with Gasteiger partial charge in [0.2, 0.25) is 0 Å². The van der Waals surface area contributed by atoms with Crippen LogP contribution in [-0.2, 0) is 4.74 Å². The topological polar surface area (TPSA) is 15.7 Å². The molecule has 2 saturated heterocycles. The lowest BCUT2D eigenvalue weighted by Crippen LogP contribution is -2.36. The van der Waals surface area contributed by atoms with Gasteiger partial charge in [0.1, 0.15) is 0 Å². The third-order valence-electron chi connectivity index (χ3n) is 5.03. The summed E-state index contributed by atoms with van der Waals surface area (Å²) >= 11 is 0. The van der Waals surface area contributed by atoms with Crippen LogP contribution in [0.25, 0.3) is 0 Å². The van der Waals surface area contributed by atoms with Gasteiger partial charge in [-0.25, -0.2) is 0 Å². The molecule has 0 aromatic rings. The summed E-state index contributed by atoms with van der Waals surface area (Å²) in [6, 6.07) is 1.41. The minimum atomic E-state index is 0.403. The second-order valence-corrected chi connectivity index (χ2v) is 7.87. The van der Waals surface area contributed by atoms with Crippen molar-refractivity contribution in [3.63, 3.8) is 0 Å². The number of rotatable bonds is 7. The Labute approximate surface area is 132 Å². The van der Waals surface area contributed by atoms with Gasteiger partial charge in [-0.2, -0.15) is 0 Å². The summed E-state index contributed by atoms with van der Waals surface area (Å²) in [5.41, 5.74) is 0. The molecule has 0 aromatic carbocycles. The second-order valence-electron chi connectivity index (χ2n) is 7.87. The van der Waals surface area contributed by atoms with Crippen LogP contribution in [-0.4, -0.2) is 60.3 Å². The molecule has 3 unspecified atom stereocenters. The predicted octanol–water partition coefficient (Wildman–Crippen LogP) is 3.38. The number of hydrogen-bond donors (Lipinski definition) is 0. The average molecular weight is 296 g/mol. The summed E-state index contributed by atoms with van der Waals surface area (Å²) in [5.74, 6) is 0.774. The van der Waals surface area contributed by atoms with Crippen molar-refractivity contribution >= 4 is 0 Å². The standard InChI is InChI=1S/C18H36N2O/c1-14(2)12-20-9-6-7-17(20)11-16(5)21-18-8-10-19(13-18)15(3)4/h14-18H,6-13H2,1-5H3. The Balaban J connectivity index is 1.73. The molecule has 2 rings (SSSR count). The Morgan fingerprint density at radius 3 is 2.43 bits per heavy atom. The quantitative estimate of drug-likeness (QED) is 0.716. The maximum absolute atomic E-state index is 6.34. The number of likely N-dealkylation sites (tertiary alicyclic amines) is 2. The van der Waals surface area contributed by atoms with Crippen molar-refractivity contribution in [2.75, 3.05) is 26.2 Å². The van der Waals surface area contributed by atoms with E-state index in [-0.39, 0.29) is 0 Å². The lowest BCUT2D eigenvalue weighted by molar-refractivity contribution is -0.0129. The predicted molar refractivity (Wildman–Crippen MR) is 89.7 cm³/mol. The zero-order valence-electron chi connectivity index (χ0n) is 14.8. The molecule has 0 spiro atoms. The molecule has 0 N–H and O–H groups in total. The van der Waals surface area contributed by atoms with Crippen LogP contribution in [0.5, 0.6) is 0 Å². The van der Waals surface area contributed by atoms with E-state index in [1.807, 2.05) is 0 Å². The summed E-state index contributed by atoms with van der Waals surface area (Å²) in [4.78, 5) is 5.23. The van der Waals surface area contributed by atoms with E-state index in [1.54, 1.807) is 0 Å². The third kappa shape index (κ3) is 5.22. The Hall–Kier alpha value is -0.120. The molecule has 21 heavy (non-hydrogen) atoms. The van der Waals surface area contributed by atoms with Gasteiger partial charge in [0.25, 0.3) is 0 Å². The second kappa shape index (κ2) is 7.94. The van der Waals surface area contributed by atoms with Crippen molar-refractivity contribution in [2.24, 2.45) is 5.92 Å². The van der Waals surface area contributed by atoms with Crippen molar-refractivity contribution in [2.45, 2.75) is 84.6 Å². The van der Waals surface area contributed by atoms with E-state index in [4.69, 9.17) is 4.74 Å². The Bertz CT molecular complexity index is 306. The normalized spacial score (nSPS) is 29.9. The summed E-state index contributed by atoms with van der Waals surface area (Å²) < 4.78 is 6.34. The number of nitrogens with zero attached hydrogens (tertiary/aromatic N) is 2. The highest BCUT2D eigenvalue weighted by Gasteiger charge is 2.29. The van der Waals surface area contributed by atoms with E-state index in [0.29, 0.717) is 18.2 Å². The highest BCUT2D eigenvalue weighted by molar-refractivity contribution is 4.83. The molecule has 0 radical (unpaired) electrons. The fourth-order valence-electron chi connectivity index (χ4n) is 3.97. The van der Waals surface area contributed by atoms with Crippen LogP contribution < -0.4 is 0 Å². The van der Waals surface area contributed by atoms with Crippen LogP contribution in [0.2, 0.25) is 0 Å². The molecular formula is C18H36N2O. The first-order chi connectivity index (χ1) is 9.95. The summed E-state index contributed by atoms with van der Waals surface area (Å²) in [5, 5.41) is 0. The fourth-order valence-corrected chi connectivity index (χ4v) is 3.97. The zero-order valence-corrected chi connectivity index (χ0v) is 14.8. The van der Waals surface area contributed by atoms with E-state index in [2.05, 4.69) is 44.4 Å². The molecule has 0 amide bonds. The van der Waals surface area contributed by atoms with Gasteiger partial charge < -0.3 is 9.64 Å². The molecule has 0 aromatic heterocycles. The summed E-state index contributed by atoms with van der Waals surface area (Å²) in [7, 11) is 0. The van der Waals surface area contributed by atoms with E-state index in [1.165, 1.54) is 45.3 Å². The molecule has 124 valence electrons. The van der Waals surface area contributed by atoms with Gasteiger partial charge in [0.15, 0.2) is 0 Å². The molecule has 3 heteroatoms. The first kappa shape index (κ1) is 17.2. The zero-order chi connectivity index (χ0) is 15.4. The van der Waals surface area contributed by atoms with Crippen LogP contribution >= 0.6 is 0 Å². The Morgan fingerprint density at radius 2 is 1.81 bits per heavy atom. The van der Waals surface area contributed by atoms with E-state index in [9.17, 15) is 0 Å². The lowest BCUT2D eigenvalue weighted by atomic mass is 10.1. The number of ether oxygens (including phenoxy) is 1. The van der Waals surface area contributed by atoms with E-state index >= 15 is 0 Å². The minimum absolute atomic E-state index is 0.403. The highest BCUT2D eigenvalue weighted by atomic mass is 16.5. The molecule has 0 aliphatic carbocycles. The molecule has 0 bridgehead atoms. The smallest absolute Gasteiger partial charge is 0.0717 e. The Kier molecular flexibility index (Phi) is 6.51. The first-order valence-electron chi connectivity index (χ1n) is 9.09. The largest absolute Gasteiger partial charge is 0.374 e. The van der Waals surface area contributed by atoms with E-state index < -0.39 is 0 Å². The van der Waals surface area contributed by atoms with Crippen molar-refractivity contribution < 1.29 is 4.74 Å². The van der Waals surface area contributed by atoms with Crippen LogP contribution in [0.1, 0.15) is 60.3 Å². The SMILES string of the molecule is CC(C)CN1CCCC1CC(C)OC1CCN(C(C)C)C1. The average Bonchev–Trinajstić information content (AvgIpc) is 2.99. The van der Waals surface area contributed by atoms with Gasteiger partial charge in [-0.3, -0.25) is 4.90 Å². The van der Waals surface area contributed by atoms with Gasteiger partial charge in [-0.05, 0) is 58.9 Å². The molecule has 2 fully saturated rings. The van der Waals surface area contributed by atoms with Gasteiger partial charge in [0.05, 0.1) is 12.2 Å². The number of hydrogen-bond acceptors (Lipinski definition) is 3. The monoisotopic (exact) mass is 296 g/mol. The van der Waals surface area contributed by atoms with Gasteiger partial charge in [-0.1, -0.05) is 13.8 Å². The molecule has 2 aliphatic rings. The van der Waals surface area contributed by atoms with E-state index in [0.717, 1.165) is 18.5 Å². The van der Waals surface area contributed by atoms with Crippen LogP contribution in [0.3, 0.4) is 0 Å². The highest BCUT2D eigenvalue weighted by Crippen LogP contribution is 2.25. The van der Waals surface area contributed by atoms with Crippen molar-refractivity contribution in [3.05, 3.63) is 0 Å². The van der Waals surface area contributed by atoms with Crippen molar-refractivity contribution in [3.8, 4) is 0 Å². The molecule has 3 atom stereocenters. The Morgan fingerprint density at radius 1 is 1.05 bits per heavy atom. The molecule has 2 aliphatic heterocycles. The minimum Gasteiger partial charge on any atom is -0.374 e. The first-order valence-corrected chi connectivity index (χ1v) is 9.09. The van der Waals surface area contributed by atoms with Crippen LogP contribution in [0, 0.1) is 5.92 Å². The fraction of sp³-hybridized carbons (Fsp3) is 1.00. The third-order valence-corrected chi connectivity index (χ3v) is 5.03. The van der Waals surface area contributed by atoms with Crippen LogP contribution in [0.4, 0.5) is 0 Å². The summed E-state index contributed by atoms with van der Waals surface area (Å²) in [6.45, 7) is 16.4. The van der Waals surface area contributed by atoms with Crippen LogP contribution in [0.15, 0.2) is 0 Å². The van der Waals surface area contributed by atoms with Gasteiger partial charge >= 0.3 is 0 Å².